The lowest BCUT2D eigenvalue weighted by Crippen LogP contribution is -2.13. The quantitative estimate of drug-likeness (QED) is 0.194. The fraction of sp³-hybridized carbons (Fsp3) is 0.100. The summed E-state index contributed by atoms with van der Waals surface area (Å²) < 4.78 is 10.1. The summed E-state index contributed by atoms with van der Waals surface area (Å²) in [6.07, 6.45) is 7.41. The number of rotatable bonds is 8. The number of aromatic nitrogens is 3. The second-order valence-electron chi connectivity index (χ2n) is 9.37. The van der Waals surface area contributed by atoms with E-state index in [1.165, 1.54) is 32.0 Å². The predicted octanol–water partition coefficient (Wildman–Crippen LogP) is 6.88. The van der Waals surface area contributed by atoms with E-state index in [1.807, 2.05) is 23.5 Å². The summed E-state index contributed by atoms with van der Waals surface area (Å²) in [7, 11) is 0. The van der Waals surface area contributed by atoms with Crippen molar-refractivity contribution in [3.8, 4) is 44.0 Å². The van der Waals surface area contributed by atoms with Crippen LogP contribution in [0.15, 0.2) is 66.3 Å². The smallest absolute Gasteiger partial charge is 0.298 e. The molecule has 0 atom stereocenters. The van der Waals surface area contributed by atoms with Crippen molar-refractivity contribution in [2.45, 2.75) is 19.3 Å². The lowest BCUT2D eigenvalue weighted by molar-refractivity contribution is -0.121. The third kappa shape index (κ3) is 4.67. The molecule has 0 saturated heterocycles. The molecule has 0 bridgehead atoms. The average molecular weight is 552 g/mol. The van der Waals surface area contributed by atoms with Crippen LogP contribution < -0.4 is 9.47 Å². The van der Waals surface area contributed by atoms with Crippen LogP contribution in [0.3, 0.4) is 0 Å². The molecule has 7 nitrogen and oxygen atoms in total. The number of carbonyl (C=O) groups excluding carboxylic acids is 2. The Labute approximate surface area is 232 Å². The van der Waals surface area contributed by atoms with Gasteiger partial charge in [-0.15, -0.1) is 22.7 Å². The maximum Gasteiger partial charge on any atom is 0.298 e. The first-order valence-corrected chi connectivity index (χ1v) is 13.7. The van der Waals surface area contributed by atoms with E-state index in [0.29, 0.717) is 47.2 Å². The Morgan fingerprint density at radius 3 is 2.21 bits per heavy atom. The standard InChI is InChI=1S/C30H21N3O4S2/c1-30(2)22-7-10-38-28(22)29-23(30)15-21(39-29)4-3-18-5-8-31-24(11-18)26-13-20(37-17-35)14-27(33-26)25-12-19(36-16-34)6-9-32-25/h3-17H,1-2H3/b4-3+. The highest BCUT2D eigenvalue weighted by atomic mass is 32.1. The molecule has 5 aromatic rings. The molecular weight excluding hydrogens is 530 g/mol. The summed E-state index contributed by atoms with van der Waals surface area (Å²) in [6.45, 7) is 5.26. The molecule has 0 saturated carbocycles. The third-order valence-corrected chi connectivity index (χ3v) is 8.80. The molecule has 1 aliphatic rings. The summed E-state index contributed by atoms with van der Waals surface area (Å²) in [5.41, 5.74) is 5.76. The van der Waals surface area contributed by atoms with Gasteiger partial charge < -0.3 is 9.47 Å². The van der Waals surface area contributed by atoms with Crippen LogP contribution in [0.1, 0.15) is 35.4 Å². The van der Waals surface area contributed by atoms with Crippen LogP contribution in [0.4, 0.5) is 0 Å². The van der Waals surface area contributed by atoms with E-state index < -0.39 is 0 Å². The molecular formula is C30H21N3O4S2. The van der Waals surface area contributed by atoms with Gasteiger partial charge in [0.05, 0.1) is 22.8 Å². The van der Waals surface area contributed by atoms with Crippen molar-refractivity contribution in [2.24, 2.45) is 0 Å². The number of thiophene rings is 2. The van der Waals surface area contributed by atoms with E-state index in [2.05, 4.69) is 53.5 Å². The average Bonchev–Trinajstić information content (AvgIpc) is 3.64. The number of ether oxygens (including phenoxy) is 2. The zero-order chi connectivity index (χ0) is 27.0. The summed E-state index contributed by atoms with van der Waals surface area (Å²) in [4.78, 5) is 39.3. The lowest BCUT2D eigenvalue weighted by Gasteiger charge is -2.18. The van der Waals surface area contributed by atoms with Crippen LogP contribution in [0.5, 0.6) is 11.5 Å². The number of nitrogens with zero attached hydrogens (tertiary/aromatic N) is 3. The number of hydrogen-bond acceptors (Lipinski definition) is 9. The predicted molar refractivity (Wildman–Crippen MR) is 153 cm³/mol. The van der Waals surface area contributed by atoms with Crippen LogP contribution in [0, 0.1) is 0 Å². The molecule has 9 heteroatoms. The zero-order valence-corrected chi connectivity index (χ0v) is 22.6. The van der Waals surface area contributed by atoms with Crippen LogP contribution in [0.25, 0.3) is 44.7 Å². The Kier molecular flexibility index (Phi) is 6.38. The van der Waals surface area contributed by atoms with Gasteiger partial charge in [-0.25, -0.2) is 4.98 Å². The number of hydrogen-bond donors (Lipinski definition) is 0. The van der Waals surface area contributed by atoms with Crippen molar-refractivity contribution in [1.29, 1.82) is 0 Å². The molecule has 0 N–H and O–H groups in total. The first-order chi connectivity index (χ1) is 19.0. The summed E-state index contributed by atoms with van der Waals surface area (Å²) in [5.74, 6) is 0.614. The lowest BCUT2D eigenvalue weighted by atomic mass is 9.84. The van der Waals surface area contributed by atoms with E-state index >= 15 is 0 Å². The molecule has 5 aromatic heterocycles. The minimum atomic E-state index is 0.0167. The van der Waals surface area contributed by atoms with Gasteiger partial charge in [-0.2, -0.15) is 0 Å². The van der Waals surface area contributed by atoms with Crippen LogP contribution in [-0.4, -0.2) is 27.9 Å². The minimum Gasteiger partial charge on any atom is -0.429 e. The van der Waals surface area contributed by atoms with Gasteiger partial charge in [0, 0.05) is 50.6 Å². The summed E-state index contributed by atoms with van der Waals surface area (Å²) >= 11 is 3.61. The Hall–Kier alpha value is -4.47. The molecule has 6 rings (SSSR count). The number of carbonyl (C=O) groups is 2. The molecule has 0 radical (unpaired) electrons. The van der Waals surface area contributed by atoms with Crippen LogP contribution >= 0.6 is 22.7 Å². The number of fused-ring (bicyclic) bond motifs is 3. The van der Waals surface area contributed by atoms with E-state index in [4.69, 9.17) is 14.5 Å². The first kappa shape index (κ1) is 24.8. The molecule has 192 valence electrons. The van der Waals surface area contributed by atoms with E-state index in [9.17, 15) is 9.59 Å². The van der Waals surface area contributed by atoms with Gasteiger partial charge in [0.2, 0.25) is 0 Å². The topological polar surface area (TPSA) is 91.3 Å². The van der Waals surface area contributed by atoms with Crippen LogP contribution in [-0.2, 0) is 15.0 Å². The Morgan fingerprint density at radius 2 is 1.44 bits per heavy atom. The van der Waals surface area contributed by atoms with Gasteiger partial charge in [-0.1, -0.05) is 19.9 Å². The summed E-state index contributed by atoms with van der Waals surface area (Å²) in [6, 6.07) is 14.7. The molecule has 1 aliphatic carbocycles. The van der Waals surface area contributed by atoms with Crippen molar-refractivity contribution < 1.29 is 19.1 Å². The molecule has 0 aliphatic heterocycles. The molecule has 0 spiro atoms. The second kappa shape index (κ2) is 10.0. The molecule has 0 aromatic carbocycles. The highest BCUT2D eigenvalue weighted by Crippen LogP contribution is 2.54. The number of pyridine rings is 3. The zero-order valence-electron chi connectivity index (χ0n) is 21.0. The third-order valence-electron chi connectivity index (χ3n) is 6.62. The highest BCUT2D eigenvalue weighted by molar-refractivity contribution is 7.22. The van der Waals surface area contributed by atoms with Crippen molar-refractivity contribution in [3.05, 3.63) is 87.9 Å². The highest BCUT2D eigenvalue weighted by Gasteiger charge is 2.38. The molecule has 0 unspecified atom stereocenters. The van der Waals surface area contributed by atoms with Gasteiger partial charge in [-0.05, 0) is 58.5 Å². The maximum absolute atomic E-state index is 11.1. The fourth-order valence-electron chi connectivity index (χ4n) is 4.69. The van der Waals surface area contributed by atoms with Crippen LogP contribution in [0.2, 0.25) is 0 Å². The Morgan fingerprint density at radius 1 is 0.744 bits per heavy atom. The molecule has 39 heavy (non-hydrogen) atoms. The SMILES string of the molecule is CC1(C)c2ccsc2-c2sc(/C=C/c3ccnc(-c4cc(OC=O)cc(-c5cc(OC=O)ccn5)n4)c3)cc21. The Balaban J connectivity index is 1.32. The maximum atomic E-state index is 11.1. The van der Waals surface area contributed by atoms with E-state index in [-0.39, 0.29) is 5.41 Å². The monoisotopic (exact) mass is 551 g/mol. The van der Waals surface area contributed by atoms with Gasteiger partial charge in [-0.3, -0.25) is 19.6 Å². The van der Waals surface area contributed by atoms with Crippen molar-refractivity contribution in [3.63, 3.8) is 0 Å². The van der Waals surface area contributed by atoms with Gasteiger partial charge >= 0.3 is 0 Å². The molecule has 0 fully saturated rings. The van der Waals surface area contributed by atoms with E-state index in [0.717, 1.165) is 5.56 Å². The van der Waals surface area contributed by atoms with Crippen molar-refractivity contribution in [2.75, 3.05) is 0 Å². The van der Waals surface area contributed by atoms with E-state index in [1.54, 1.807) is 41.8 Å². The molecule has 0 amide bonds. The van der Waals surface area contributed by atoms with Gasteiger partial charge in [0.25, 0.3) is 12.9 Å². The Bertz CT molecular complexity index is 1750. The minimum absolute atomic E-state index is 0.0167. The summed E-state index contributed by atoms with van der Waals surface area (Å²) in [5, 5.41) is 2.17. The first-order valence-electron chi connectivity index (χ1n) is 12.0. The molecule has 5 heterocycles. The van der Waals surface area contributed by atoms with Gasteiger partial charge in [0.1, 0.15) is 11.5 Å². The fourth-order valence-corrected chi connectivity index (χ4v) is 7.14. The van der Waals surface area contributed by atoms with Gasteiger partial charge in [0.15, 0.2) is 0 Å². The van der Waals surface area contributed by atoms with Crippen molar-refractivity contribution in [1.82, 2.24) is 15.0 Å². The largest absolute Gasteiger partial charge is 0.429 e. The normalized spacial score (nSPS) is 13.2. The second-order valence-corrected chi connectivity index (χ2v) is 11.4. The van der Waals surface area contributed by atoms with Crippen molar-refractivity contribution >= 4 is 47.8 Å².